The second-order valence-corrected chi connectivity index (χ2v) is 8.32. The maximum Gasteiger partial charge on any atom is 0.162 e. The van der Waals surface area contributed by atoms with Gasteiger partial charge in [0.15, 0.2) is 23.0 Å². The van der Waals surface area contributed by atoms with Gasteiger partial charge in [-0.15, -0.1) is 20.4 Å². The minimum atomic E-state index is 0.302. The molecular weight excluding hydrogens is 484 g/mol. The SMILES string of the molecule is COc1cc(-n2nc3ccccc3n2)ccc1OCCOc1ccc(-n2nc3ccccc3n2)cc1OC. The Morgan fingerprint density at radius 1 is 0.500 bits per heavy atom. The van der Waals surface area contributed by atoms with Crippen molar-refractivity contribution >= 4 is 22.1 Å². The first-order chi connectivity index (χ1) is 18.7. The summed E-state index contributed by atoms with van der Waals surface area (Å²) in [6.45, 7) is 0.604. The number of aromatic nitrogens is 6. The molecule has 0 atom stereocenters. The molecule has 6 aromatic rings. The van der Waals surface area contributed by atoms with E-state index in [0.717, 1.165) is 33.4 Å². The number of hydrogen-bond acceptors (Lipinski definition) is 8. The molecule has 190 valence electrons. The molecule has 0 aliphatic rings. The quantitative estimate of drug-likeness (QED) is 0.261. The number of benzene rings is 4. The van der Waals surface area contributed by atoms with E-state index in [1.165, 1.54) is 0 Å². The minimum absolute atomic E-state index is 0.302. The zero-order valence-corrected chi connectivity index (χ0v) is 20.8. The summed E-state index contributed by atoms with van der Waals surface area (Å²) in [5, 5.41) is 18.1. The second-order valence-electron chi connectivity index (χ2n) is 8.32. The predicted octanol–water partition coefficient (Wildman–Crippen LogP) is 4.63. The molecule has 0 aliphatic heterocycles. The van der Waals surface area contributed by atoms with Crippen LogP contribution in [0.25, 0.3) is 33.4 Å². The van der Waals surface area contributed by atoms with Crippen molar-refractivity contribution in [2.45, 2.75) is 0 Å². The Bertz CT molecular complexity index is 1530. The van der Waals surface area contributed by atoms with Crippen LogP contribution in [0, 0.1) is 0 Å². The highest BCUT2D eigenvalue weighted by atomic mass is 16.5. The average Bonchev–Trinajstić information content (AvgIpc) is 3.60. The molecule has 4 aromatic carbocycles. The molecule has 2 aromatic heterocycles. The molecule has 38 heavy (non-hydrogen) atoms. The Morgan fingerprint density at radius 3 is 1.21 bits per heavy atom. The second kappa shape index (κ2) is 10.1. The van der Waals surface area contributed by atoms with Crippen LogP contribution >= 0.6 is 0 Å². The van der Waals surface area contributed by atoms with Gasteiger partial charge in [-0.3, -0.25) is 0 Å². The number of rotatable bonds is 9. The standard InChI is InChI=1S/C28H24N6O4/c1-35-27-17-19(33-29-21-7-3-4-8-22(21)30-33)11-13-25(27)37-15-16-38-26-14-12-20(18-28(26)36-2)34-31-23-9-5-6-10-24(23)32-34/h3-14,17-18H,15-16H2,1-2H3. The number of ether oxygens (including phenoxy) is 4. The highest BCUT2D eigenvalue weighted by molar-refractivity contribution is 5.74. The van der Waals surface area contributed by atoms with Crippen LogP contribution < -0.4 is 18.9 Å². The van der Waals surface area contributed by atoms with E-state index >= 15 is 0 Å². The van der Waals surface area contributed by atoms with Gasteiger partial charge in [0.1, 0.15) is 35.3 Å². The van der Waals surface area contributed by atoms with Crippen molar-refractivity contribution in [3.63, 3.8) is 0 Å². The van der Waals surface area contributed by atoms with Crippen LogP contribution in [0.5, 0.6) is 23.0 Å². The summed E-state index contributed by atoms with van der Waals surface area (Å²) in [7, 11) is 3.19. The molecule has 0 radical (unpaired) electrons. The Balaban J connectivity index is 1.11. The van der Waals surface area contributed by atoms with Gasteiger partial charge in [-0.25, -0.2) is 0 Å². The summed E-state index contributed by atoms with van der Waals surface area (Å²) in [6, 6.07) is 26.5. The van der Waals surface area contributed by atoms with Crippen LogP contribution in [-0.2, 0) is 0 Å². The molecule has 6 rings (SSSR count). The van der Waals surface area contributed by atoms with Gasteiger partial charge in [0.25, 0.3) is 0 Å². The molecule has 0 N–H and O–H groups in total. The smallest absolute Gasteiger partial charge is 0.162 e. The molecule has 0 saturated heterocycles. The summed E-state index contributed by atoms with van der Waals surface area (Å²) in [4.78, 5) is 3.16. The van der Waals surface area contributed by atoms with Crippen LogP contribution in [0.2, 0.25) is 0 Å². The summed E-state index contributed by atoms with van der Waals surface area (Å²) in [5.74, 6) is 2.33. The van der Waals surface area contributed by atoms with Crippen LogP contribution in [-0.4, -0.2) is 57.4 Å². The van der Waals surface area contributed by atoms with Crippen molar-refractivity contribution in [2.24, 2.45) is 0 Å². The monoisotopic (exact) mass is 508 g/mol. The van der Waals surface area contributed by atoms with Crippen molar-refractivity contribution < 1.29 is 18.9 Å². The van der Waals surface area contributed by atoms with E-state index in [4.69, 9.17) is 18.9 Å². The van der Waals surface area contributed by atoms with E-state index in [1.807, 2.05) is 84.9 Å². The number of methoxy groups -OCH3 is 2. The molecule has 0 bridgehead atoms. The fraction of sp³-hybridized carbons (Fsp3) is 0.143. The van der Waals surface area contributed by atoms with Crippen molar-refractivity contribution in [1.29, 1.82) is 0 Å². The van der Waals surface area contributed by atoms with E-state index in [-0.39, 0.29) is 0 Å². The molecule has 0 spiro atoms. The fourth-order valence-electron chi connectivity index (χ4n) is 4.05. The van der Waals surface area contributed by atoms with E-state index in [1.54, 1.807) is 23.8 Å². The number of fused-ring (bicyclic) bond motifs is 2. The average molecular weight is 509 g/mol. The van der Waals surface area contributed by atoms with E-state index in [2.05, 4.69) is 20.4 Å². The van der Waals surface area contributed by atoms with Crippen LogP contribution in [0.1, 0.15) is 0 Å². The Hall–Kier alpha value is -5.12. The van der Waals surface area contributed by atoms with Crippen LogP contribution in [0.4, 0.5) is 0 Å². The molecule has 2 heterocycles. The normalized spacial score (nSPS) is 11.1. The molecule has 0 fully saturated rings. The van der Waals surface area contributed by atoms with Crippen LogP contribution in [0.15, 0.2) is 84.9 Å². The Labute approximate surface area is 217 Å². The molecule has 0 aliphatic carbocycles. The third kappa shape index (κ3) is 4.55. The summed E-state index contributed by atoms with van der Waals surface area (Å²) >= 11 is 0. The summed E-state index contributed by atoms with van der Waals surface area (Å²) < 4.78 is 23.0. The van der Waals surface area contributed by atoms with Crippen molar-refractivity contribution in [1.82, 2.24) is 30.0 Å². The lowest BCUT2D eigenvalue weighted by molar-refractivity contribution is 0.206. The zero-order chi connectivity index (χ0) is 25.9. The van der Waals surface area contributed by atoms with Crippen molar-refractivity contribution in [3.05, 3.63) is 84.9 Å². The summed E-state index contributed by atoms with van der Waals surface area (Å²) in [5.41, 5.74) is 4.82. The zero-order valence-electron chi connectivity index (χ0n) is 20.8. The van der Waals surface area contributed by atoms with Gasteiger partial charge in [0.2, 0.25) is 0 Å². The molecule has 10 heteroatoms. The van der Waals surface area contributed by atoms with Gasteiger partial charge >= 0.3 is 0 Å². The van der Waals surface area contributed by atoms with E-state index in [9.17, 15) is 0 Å². The molecule has 0 saturated carbocycles. The van der Waals surface area contributed by atoms with Crippen molar-refractivity contribution in [2.75, 3.05) is 27.4 Å². The van der Waals surface area contributed by atoms with Gasteiger partial charge in [0, 0.05) is 12.1 Å². The van der Waals surface area contributed by atoms with Gasteiger partial charge in [-0.1, -0.05) is 24.3 Å². The molecule has 0 amide bonds. The predicted molar refractivity (Wildman–Crippen MR) is 142 cm³/mol. The summed E-state index contributed by atoms with van der Waals surface area (Å²) in [6.07, 6.45) is 0. The lowest BCUT2D eigenvalue weighted by Gasteiger charge is -2.14. The third-order valence-corrected chi connectivity index (χ3v) is 5.93. The Kier molecular flexibility index (Phi) is 6.19. The molecule has 0 unspecified atom stereocenters. The van der Waals surface area contributed by atoms with Gasteiger partial charge in [-0.2, -0.15) is 9.59 Å². The minimum Gasteiger partial charge on any atom is -0.493 e. The van der Waals surface area contributed by atoms with Gasteiger partial charge in [-0.05, 0) is 48.5 Å². The van der Waals surface area contributed by atoms with E-state index < -0.39 is 0 Å². The first-order valence-corrected chi connectivity index (χ1v) is 12.0. The molecule has 10 nitrogen and oxygen atoms in total. The first-order valence-electron chi connectivity index (χ1n) is 12.0. The Morgan fingerprint density at radius 2 is 0.868 bits per heavy atom. The highest BCUT2D eigenvalue weighted by Crippen LogP contribution is 2.31. The van der Waals surface area contributed by atoms with Crippen LogP contribution in [0.3, 0.4) is 0 Å². The number of nitrogens with zero attached hydrogens (tertiary/aromatic N) is 6. The lowest BCUT2D eigenvalue weighted by Crippen LogP contribution is -2.10. The highest BCUT2D eigenvalue weighted by Gasteiger charge is 2.12. The van der Waals surface area contributed by atoms with Crippen molar-refractivity contribution in [3.8, 4) is 34.4 Å². The topological polar surface area (TPSA) is 98.3 Å². The largest absolute Gasteiger partial charge is 0.493 e. The number of hydrogen-bond donors (Lipinski definition) is 0. The maximum atomic E-state index is 5.93. The maximum absolute atomic E-state index is 5.93. The first kappa shape index (κ1) is 23.3. The fourth-order valence-corrected chi connectivity index (χ4v) is 4.05. The van der Waals surface area contributed by atoms with Gasteiger partial charge < -0.3 is 18.9 Å². The third-order valence-electron chi connectivity index (χ3n) is 5.93. The lowest BCUT2D eigenvalue weighted by atomic mass is 10.3. The van der Waals surface area contributed by atoms with E-state index in [0.29, 0.717) is 36.2 Å². The molecular formula is C28H24N6O4. The van der Waals surface area contributed by atoms with Gasteiger partial charge in [0.05, 0.1) is 25.6 Å².